The average molecular weight is 247 g/mol. The van der Waals surface area contributed by atoms with Crippen LogP contribution < -0.4 is 5.32 Å². The molecule has 2 aromatic heterocycles. The molecule has 1 atom stereocenters. The molecule has 1 aliphatic rings. The van der Waals surface area contributed by atoms with Gasteiger partial charge in [-0.15, -0.1) is 0 Å². The van der Waals surface area contributed by atoms with E-state index in [2.05, 4.69) is 14.9 Å². The van der Waals surface area contributed by atoms with E-state index in [4.69, 9.17) is 0 Å². The highest BCUT2D eigenvalue weighted by Crippen LogP contribution is 2.14. The summed E-state index contributed by atoms with van der Waals surface area (Å²) in [6, 6.07) is 2.06. The van der Waals surface area contributed by atoms with Crippen molar-refractivity contribution >= 4 is 17.2 Å². The largest absolute Gasteiger partial charge is 0.347 e. The van der Waals surface area contributed by atoms with Crippen molar-refractivity contribution in [3.63, 3.8) is 0 Å². The van der Waals surface area contributed by atoms with Gasteiger partial charge in [0, 0.05) is 42.3 Å². The minimum atomic E-state index is 0.0276. The Morgan fingerprint density at radius 2 is 2.53 bits per heavy atom. The van der Waals surface area contributed by atoms with Gasteiger partial charge in [-0.2, -0.15) is 11.3 Å². The second-order valence-corrected chi connectivity index (χ2v) is 5.00. The number of nitrogens with one attached hydrogen (secondary N) is 1. The van der Waals surface area contributed by atoms with E-state index < -0.39 is 0 Å². The van der Waals surface area contributed by atoms with Crippen molar-refractivity contribution in [1.29, 1.82) is 0 Å². The minimum absolute atomic E-state index is 0.0276. The van der Waals surface area contributed by atoms with Crippen molar-refractivity contribution in [2.24, 2.45) is 0 Å². The number of aryl methyl sites for hydroxylation is 1. The maximum Gasteiger partial charge on any atom is 0.252 e. The summed E-state index contributed by atoms with van der Waals surface area (Å²) in [4.78, 5) is 16.2. The van der Waals surface area contributed by atoms with Crippen molar-refractivity contribution < 1.29 is 4.79 Å². The maximum atomic E-state index is 11.9. The third kappa shape index (κ3) is 2.10. The summed E-state index contributed by atoms with van der Waals surface area (Å²) in [5, 5.41) is 6.87. The van der Waals surface area contributed by atoms with Crippen LogP contribution in [-0.2, 0) is 13.0 Å². The second-order valence-electron chi connectivity index (χ2n) is 4.22. The van der Waals surface area contributed by atoms with Crippen molar-refractivity contribution in [2.45, 2.75) is 25.4 Å². The molecule has 3 heterocycles. The van der Waals surface area contributed by atoms with Gasteiger partial charge >= 0.3 is 0 Å². The van der Waals surface area contributed by atoms with Crippen molar-refractivity contribution in [2.75, 3.05) is 0 Å². The molecule has 0 spiro atoms. The van der Waals surface area contributed by atoms with Gasteiger partial charge in [-0.05, 0) is 17.9 Å². The number of imidazole rings is 1. The number of fused-ring (bicyclic) bond motifs is 1. The number of carbonyl (C=O) groups is 1. The van der Waals surface area contributed by atoms with E-state index in [1.807, 2.05) is 29.2 Å². The highest BCUT2D eigenvalue weighted by molar-refractivity contribution is 7.08. The van der Waals surface area contributed by atoms with Crippen molar-refractivity contribution in [3.05, 3.63) is 40.6 Å². The lowest BCUT2D eigenvalue weighted by molar-refractivity contribution is 0.0928. The van der Waals surface area contributed by atoms with E-state index in [1.54, 1.807) is 11.3 Å². The number of nitrogens with zero attached hydrogens (tertiary/aromatic N) is 2. The summed E-state index contributed by atoms with van der Waals surface area (Å²) >= 11 is 1.54. The Balaban J connectivity index is 1.66. The van der Waals surface area contributed by atoms with Gasteiger partial charge in [-0.3, -0.25) is 4.79 Å². The second kappa shape index (κ2) is 4.33. The molecule has 3 rings (SSSR count). The van der Waals surface area contributed by atoms with E-state index in [-0.39, 0.29) is 11.9 Å². The topological polar surface area (TPSA) is 46.9 Å². The van der Waals surface area contributed by atoms with E-state index in [1.165, 1.54) is 0 Å². The molecule has 0 unspecified atom stereocenters. The summed E-state index contributed by atoms with van der Waals surface area (Å²) in [5.74, 6) is 1.14. The van der Waals surface area contributed by atoms with E-state index in [9.17, 15) is 4.79 Å². The Morgan fingerprint density at radius 3 is 3.35 bits per heavy atom. The quantitative estimate of drug-likeness (QED) is 0.878. The fraction of sp³-hybridized carbons (Fsp3) is 0.333. The summed E-state index contributed by atoms with van der Waals surface area (Å²) in [5.41, 5.74) is 0.756. The van der Waals surface area contributed by atoms with Crippen LogP contribution in [-0.4, -0.2) is 21.5 Å². The van der Waals surface area contributed by atoms with Gasteiger partial charge in [0.25, 0.3) is 5.91 Å². The predicted molar refractivity (Wildman–Crippen MR) is 66.1 cm³/mol. The molecular weight excluding hydrogens is 234 g/mol. The first-order valence-corrected chi connectivity index (χ1v) is 6.60. The first kappa shape index (κ1) is 10.5. The number of rotatable bonds is 2. The molecule has 5 heteroatoms. The van der Waals surface area contributed by atoms with Gasteiger partial charge in [-0.1, -0.05) is 0 Å². The Bertz CT molecular complexity index is 518. The van der Waals surface area contributed by atoms with Crippen LogP contribution in [0.25, 0.3) is 0 Å². The zero-order valence-electron chi connectivity index (χ0n) is 9.30. The molecular formula is C12H13N3OS. The monoisotopic (exact) mass is 247 g/mol. The number of carbonyl (C=O) groups excluding carboxylic acids is 1. The Kier molecular flexibility index (Phi) is 2.68. The van der Waals surface area contributed by atoms with Crippen molar-refractivity contribution in [3.8, 4) is 0 Å². The number of hydrogen-bond donors (Lipinski definition) is 1. The predicted octanol–water partition coefficient (Wildman–Crippen LogP) is 1.69. The molecule has 4 nitrogen and oxygen atoms in total. The molecule has 0 saturated heterocycles. The van der Waals surface area contributed by atoms with Crippen LogP contribution in [0.5, 0.6) is 0 Å². The molecule has 0 bridgehead atoms. The fourth-order valence-corrected chi connectivity index (χ4v) is 2.78. The smallest absolute Gasteiger partial charge is 0.252 e. The van der Waals surface area contributed by atoms with Crippen molar-refractivity contribution in [1.82, 2.24) is 14.9 Å². The third-order valence-corrected chi connectivity index (χ3v) is 3.74. The van der Waals surface area contributed by atoms with Crippen LogP contribution in [0.15, 0.2) is 29.2 Å². The lowest BCUT2D eigenvalue weighted by Gasteiger charge is -2.24. The van der Waals surface area contributed by atoms with Crippen LogP contribution >= 0.6 is 11.3 Å². The van der Waals surface area contributed by atoms with Crippen LogP contribution in [0.2, 0.25) is 0 Å². The molecule has 1 N–H and O–H groups in total. The molecule has 0 saturated carbocycles. The molecule has 0 radical (unpaired) electrons. The van der Waals surface area contributed by atoms with E-state index >= 15 is 0 Å². The van der Waals surface area contributed by atoms with Gasteiger partial charge in [0.05, 0.1) is 0 Å². The molecule has 1 amide bonds. The summed E-state index contributed by atoms with van der Waals surface area (Å²) < 4.78 is 2.11. The first-order valence-electron chi connectivity index (χ1n) is 5.66. The maximum absolute atomic E-state index is 11.9. The standard InChI is InChI=1S/C12H13N3OS/c16-12(9-3-6-17-8-9)14-10-1-2-11-13-4-5-15(11)7-10/h3-6,8,10H,1-2,7H2,(H,14,16)/t10-/m0/s1. The zero-order valence-corrected chi connectivity index (χ0v) is 10.1. The summed E-state index contributed by atoms with van der Waals surface area (Å²) in [6.45, 7) is 0.825. The van der Waals surface area contributed by atoms with Gasteiger partial charge < -0.3 is 9.88 Å². The molecule has 0 aromatic carbocycles. The van der Waals surface area contributed by atoms with E-state index in [0.717, 1.165) is 30.8 Å². The van der Waals surface area contributed by atoms with Gasteiger partial charge in [0.15, 0.2) is 0 Å². The molecule has 2 aromatic rings. The molecule has 0 fully saturated rings. The molecule has 1 aliphatic heterocycles. The van der Waals surface area contributed by atoms with Crippen LogP contribution in [0.1, 0.15) is 22.6 Å². The minimum Gasteiger partial charge on any atom is -0.347 e. The number of hydrogen-bond acceptors (Lipinski definition) is 3. The zero-order chi connectivity index (χ0) is 11.7. The number of aromatic nitrogens is 2. The van der Waals surface area contributed by atoms with Gasteiger partial charge in [0.2, 0.25) is 0 Å². The lowest BCUT2D eigenvalue weighted by Crippen LogP contribution is -2.40. The molecule has 17 heavy (non-hydrogen) atoms. The normalized spacial score (nSPS) is 18.7. The summed E-state index contributed by atoms with van der Waals surface area (Å²) in [6.07, 6.45) is 5.69. The lowest BCUT2D eigenvalue weighted by atomic mass is 10.1. The van der Waals surface area contributed by atoms with Crippen LogP contribution in [0.3, 0.4) is 0 Å². The third-order valence-electron chi connectivity index (χ3n) is 3.05. The van der Waals surface area contributed by atoms with Crippen LogP contribution in [0.4, 0.5) is 0 Å². The fourth-order valence-electron chi connectivity index (χ4n) is 2.15. The highest BCUT2D eigenvalue weighted by atomic mass is 32.1. The number of thiophene rings is 1. The Morgan fingerprint density at radius 1 is 1.59 bits per heavy atom. The molecule has 0 aliphatic carbocycles. The SMILES string of the molecule is O=C(N[C@H]1CCc2nccn2C1)c1ccsc1. The van der Waals surface area contributed by atoms with Crippen LogP contribution in [0, 0.1) is 0 Å². The van der Waals surface area contributed by atoms with Gasteiger partial charge in [-0.25, -0.2) is 4.98 Å². The summed E-state index contributed by atoms with van der Waals surface area (Å²) in [7, 11) is 0. The average Bonchev–Trinajstić information content (AvgIpc) is 2.99. The van der Waals surface area contributed by atoms with E-state index in [0.29, 0.717) is 0 Å². The first-order chi connectivity index (χ1) is 8.33. The van der Waals surface area contributed by atoms with Gasteiger partial charge in [0.1, 0.15) is 5.82 Å². The Hall–Kier alpha value is -1.62. The molecule has 88 valence electrons. The highest BCUT2D eigenvalue weighted by Gasteiger charge is 2.20. The number of amides is 1. The Labute approximate surface area is 103 Å².